The number of hydrogen-bond acceptors (Lipinski definition) is 8. The van der Waals surface area contributed by atoms with E-state index in [1.807, 2.05) is 46.8 Å². The van der Waals surface area contributed by atoms with E-state index in [4.69, 9.17) is 4.74 Å². The van der Waals surface area contributed by atoms with Crippen molar-refractivity contribution in [2.75, 3.05) is 20.7 Å². The van der Waals surface area contributed by atoms with Crippen LogP contribution in [0.1, 0.15) is 115 Å². The molecule has 0 bridgehead atoms. The van der Waals surface area contributed by atoms with Gasteiger partial charge in [0.05, 0.1) is 18.9 Å². The molecule has 4 amide bonds. The molecule has 2 aliphatic carbocycles. The lowest BCUT2D eigenvalue weighted by Crippen LogP contribution is -2.59. The highest BCUT2D eigenvalue weighted by molar-refractivity contribution is 6.38. The number of benzene rings is 1. The van der Waals surface area contributed by atoms with E-state index in [9.17, 15) is 29.2 Å². The molecule has 1 saturated heterocycles. The zero-order valence-electron chi connectivity index (χ0n) is 31.6. The first-order valence-electron chi connectivity index (χ1n) is 18.7. The monoisotopic (exact) mass is 709 g/mol. The van der Waals surface area contributed by atoms with Crippen LogP contribution in [0.2, 0.25) is 0 Å². The summed E-state index contributed by atoms with van der Waals surface area (Å²) in [5, 5.41) is 22.1. The highest BCUT2D eigenvalue weighted by atomic mass is 16.5. The van der Waals surface area contributed by atoms with Crippen LogP contribution in [-0.2, 0) is 24.0 Å². The van der Waals surface area contributed by atoms with Crippen molar-refractivity contribution in [3.8, 4) is 5.75 Å². The van der Waals surface area contributed by atoms with E-state index in [1.54, 1.807) is 7.11 Å². The smallest absolute Gasteiger partial charge is 0.289 e. The molecule has 2 saturated carbocycles. The van der Waals surface area contributed by atoms with E-state index in [-0.39, 0.29) is 49.0 Å². The number of oxime groups is 1. The summed E-state index contributed by atoms with van der Waals surface area (Å²) in [7, 11) is 2.98. The van der Waals surface area contributed by atoms with Crippen molar-refractivity contribution < 1.29 is 33.9 Å². The minimum Gasteiger partial charge on any atom is -0.496 e. The minimum absolute atomic E-state index is 0.172. The molecule has 4 atom stereocenters. The van der Waals surface area contributed by atoms with E-state index < -0.39 is 41.1 Å². The molecule has 3 aliphatic rings. The van der Waals surface area contributed by atoms with Gasteiger partial charge < -0.3 is 30.8 Å². The quantitative estimate of drug-likeness (QED) is 0.0721. The first kappa shape index (κ1) is 39.8. The Kier molecular flexibility index (Phi) is 13.7. The van der Waals surface area contributed by atoms with Gasteiger partial charge in [-0.25, -0.2) is 0 Å². The van der Waals surface area contributed by atoms with Crippen LogP contribution in [0.3, 0.4) is 0 Å². The number of ketones is 1. The van der Waals surface area contributed by atoms with Crippen molar-refractivity contribution in [1.82, 2.24) is 20.9 Å². The molecule has 12 nitrogen and oxygen atoms in total. The second-order valence-electron chi connectivity index (χ2n) is 16.1. The summed E-state index contributed by atoms with van der Waals surface area (Å²) < 4.78 is 5.51. The van der Waals surface area contributed by atoms with Gasteiger partial charge in [-0.05, 0) is 92.4 Å². The molecule has 282 valence electrons. The predicted octanol–water partition coefficient (Wildman–Crippen LogP) is 4.59. The second-order valence-corrected chi connectivity index (χ2v) is 16.1. The zero-order chi connectivity index (χ0) is 37.5. The third-order valence-electron chi connectivity index (χ3n) is 10.8. The standard InChI is InChI=1S/C39H59N5O7/c1-23-16-28(17-24(2)34(23)51-7)29(43-50)19-27-20-31(36(47)41-30(18-26-14-15-26)33(46)37(48)40-6)44(22-27)38(49)35(39(3,4)5)42-32(45)21-25-12-10-8-9-11-13-25/h16-17,25-27,30-31,35,50H,8-15,18-22H2,1-7H3,(H,40,48)(H,41,47)(H,42,45)/b43-29+/t27-,30-,31-,35+/m0/s1. The van der Waals surface area contributed by atoms with Gasteiger partial charge >= 0.3 is 0 Å². The van der Waals surface area contributed by atoms with Crippen LogP contribution in [0.25, 0.3) is 0 Å². The number of nitrogens with zero attached hydrogens (tertiary/aromatic N) is 2. The Morgan fingerprint density at radius 3 is 2.08 bits per heavy atom. The molecule has 4 rings (SSSR count). The number of hydrogen-bond donors (Lipinski definition) is 4. The molecule has 1 aromatic rings. The Balaban J connectivity index is 1.61. The number of methoxy groups -OCH3 is 1. The van der Waals surface area contributed by atoms with Crippen molar-refractivity contribution in [3.05, 3.63) is 28.8 Å². The average Bonchev–Trinajstić information content (AvgIpc) is 3.85. The predicted molar refractivity (Wildman–Crippen MR) is 195 cm³/mol. The molecule has 0 aromatic heterocycles. The fraction of sp³-hybridized carbons (Fsp3) is 0.692. The molecule has 1 aromatic carbocycles. The third kappa shape index (κ3) is 10.5. The normalized spacial score (nSPS) is 21.3. The van der Waals surface area contributed by atoms with Crippen molar-refractivity contribution in [1.29, 1.82) is 0 Å². The van der Waals surface area contributed by atoms with Gasteiger partial charge in [0.2, 0.25) is 23.5 Å². The summed E-state index contributed by atoms with van der Waals surface area (Å²) in [6.45, 7) is 9.67. The van der Waals surface area contributed by atoms with E-state index in [0.29, 0.717) is 24.1 Å². The molecule has 12 heteroatoms. The van der Waals surface area contributed by atoms with Gasteiger partial charge in [-0.3, -0.25) is 24.0 Å². The number of nitrogens with one attached hydrogen (secondary N) is 3. The van der Waals surface area contributed by atoms with E-state index in [1.165, 1.54) is 24.8 Å². The van der Waals surface area contributed by atoms with Gasteiger partial charge in [-0.15, -0.1) is 0 Å². The molecular formula is C39H59N5O7. The zero-order valence-corrected chi connectivity index (χ0v) is 31.6. The largest absolute Gasteiger partial charge is 0.496 e. The van der Waals surface area contributed by atoms with Gasteiger partial charge in [-0.2, -0.15) is 0 Å². The SMILES string of the molecule is CNC(=O)C(=O)[C@H](CC1CC1)NC(=O)[C@@H]1C[C@H](C/C(=N\O)c2cc(C)c(OC)c(C)c2)CN1C(=O)[C@@H](NC(=O)CC1CCCCCC1)C(C)(C)C. The van der Waals surface area contributed by atoms with Crippen LogP contribution in [0.5, 0.6) is 5.75 Å². The number of ether oxygens (including phenoxy) is 1. The number of likely N-dealkylation sites (N-methyl/N-ethyl adjacent to an activating group) is 1. The lowest BCUT2D eigenvalue weighted by Gasteiger charge is -2.36. The number of carbonyl (C=O) groups is 5. The maximum atomic E-state index is 14.6. The number of amides is 4. The summed E-state index contributed by atoms with van der Waals surface area (Å²) >= 11 is 0. The molecule has 3 fully saturated rings. The van der Waals surface area contributed by atoms with Crippen LogP contribution >= 0.6 is 0 Å². The van der Waals surface area contributed by atoms with Crippen LogP contribution in [0.4, 0.5) is 0 Å². The summed E-state index contributed by atoms with van der Waals surface area (Å²) in [5.41, 5.74) is 2.20. The lowest BCUT2D eigenvalue weighted by atomic mass is 9.85. The number of likely N-dealkylation sites (tertiary alicyclic amines) is 1. The van der Waals surface area contributed by atoms with Crippen molar-refractivity contribution in [2.45, 2.75) is 130 Å². The van der Waals surface area contributed by atoms with E-state index in [2.05, 4.69) is 21.1 Å². The fourth-order valence-corrected chi connectivity index (χ4v) is 7.82. The topological polar surface area (TPSA) is 166 Å². The van der Waals surface area contributed by atoms with Crippen LogP contribution in [-0.4, -0.2) is 84.1 Å². The Hall–Kier alpha value is -3.96. The number of carbonyl (C=O) groups excluding carboxylic acids is 5. The molecule has 0 unspecified atom stereocenters. The molecular weight excluding hydrogens is 650 g/mol. The average molecular weight is 710 g/mol. The Morgan fingerprint density at radius 1 is 0.922 bits per heavy atom. The van der Waals surface area contributed by atoms with Crippen molar-refractivity contribution in [2.24, 2.45) is 28.3 Å². The minimum atomic E-state index is -1.02. The van der Waals surface area contributed by atoms with Gasteiger partial charge in [0, 0.05) is 25.6 Å². The summed E-state index contributed by atoms with van der Waals surface area (Å²) in [4.78, 5) is 69.1. The van der Waals surface area contributed by atoms with Gasteiger partial charge in [0.1, 0.15) is 17.8 Å². The molecule has 1 aliphatic heterocycles. The van der Waals surface area contributed by atoms with Gasteiger partial charge in [0.15, 0.2) is 0 Å². The maximum absolute atomic E-state index is 14.6. The van der Waals surface area contributed by atoms with E-state index >= 15 is 0 Å². The molecule has 0 spiro atoms. The highest BCUT2D eigenvalue weighted by Crippen LogP contribution is 2.35. The van der Waals surface area contributed by atoms with Gasteiger partial charge in [0.25, 0.3) is 5.91 Å². The first-order chi connectivity index (χ1) is 24.2. The van der Waals surface area contributed by atoms with Crippen LogP contribution < -0.4 is 20.7 Å². The Labute approximate surface area is 302 Å². The molecule has 1 heterocycles. The number of Topliss-reactive ketones (excluding diaryl/α,β-unsaturated/α-hetero) is 1. The number of aryl methyl sites for hydroxylation is 2. The van der Waals surface area contributed by atoms with Crippen LogP contribution in [0.15, 0.2) is 17.3 Å². The number of rotatable bonds is 14. The van der Waals surface area contributed by atoms with E-state index in [0.717, 1.165) is 55.4 Å². The maximum Gasteiger partial charge on any atom is 0.289 e. The summed E-state index contributed by atoms with van der Waals surface area (Å²) in [5.74, 6) is -1.59. The first-order valence-corrected chi connectivity index (χ1v) is 18.7. The fourth-order valence-electron chi connectivity index (χ4n) is 7.82. The summed E-state index contributed by atoms with van der Waals surface area (Å²) in [6, 6.07) is 0.880. The molecule has 51 heavy (non-hydrogen) atoms. The highest BCUT2D eigenvalue weighted by Gasteiger charge is 2.46. The molecule has 0 radical (unpaired) electrons. The van der Waals surface area contributed by atoms with Gasteiger partial charge in [-0.1, -0.05) is 64.5 Å². The third-order valence-corrected chi connectivity index (χ3v) is 10.8. The van der Waals surface area contributed by atoms with Crippen molar-refractivity contribution in [3.63, 3.8) is 0 Å². The second kappa shape index (κ2) is 17.5. The Bertz CT molecular complexity index is 1450. The lowest BCUT2D eigenvalue weighted by molar-refractivity contribution is -0.145. The Morgan fingerprint density at radius 2 is 1.55 bits per heavy atom. The van der Waals surface area contributed by atoms with Crippen molar-refractivity contribution >= 4 is 35.1 Å². The molecule has 4 N–H and O–H groups in total. The summed E-state index contributed by atoms with van der Waals surface area (Å²) in [6.07, 6.45) is 9.61. The van der Waals surface area contributed by atoms with Crippen LogP contribution in [0, 0.1) is 37.0 Å².